The maximum atomic E-state index is 12.4. The van der Waals surface area contributed by atoms with Gasteiger partial charge in [0.2, 0.25) is 5.78 Å². The van der Waals surface area contributed by atoms with Crippen molar-refractivity contribution in [2.24, 2.45) is 0 Å². The lowest BCUT2D eigenvalue weighted by molar-refractivity contribution is -0.0498. The number of H-pyrrole nitrogens is 1. The number of para-hydroxylation sites is 1. The zero-order valence-electron chi connectivity index (χ0n) is 14.5. The van der Waals surface area contributed by atoms with Crippen LogP contribution >= 0.6 is 0 Å². The molecule has 0 fully saturated rings. The van der Waals surface area contributed by atoms with Crippen molar-refractivity contribution in [3.63, 3.8) is 0 Å². The Morgan fingerprint density at radius 1 is 1.11 bits per heavy atom. The van der Waals surface area contributed by atoms with Gasteiger partial charge >= 0.3 is 12.6 Å². The van der Waals surface area contributed by atoms with Gasteiger partial charge in [0, 0.05) is 22.7 Å². The summed E-state index contributed by atoms with van der Waals surface area (Å²) < 4.78 is 33.5. The fourth-order valence-electron chi connectivity index (χ4n) is 2.81. The van der Waals surface area contributed by atoms with E-state index in [4.69, 9.17) is 4.74 Å². The highest BCUT2D eigenvalue weighted by atomic mass is 19.3. The van der Waals surface area contributed by atoms with Crippen molar-refractivity contribution in [1.82, 2.24) is 4.98 Å². The molecule has 5 nitrogen and oxygen atoms in total. The molecular weight excluding hydrogens is 356 g/mol. The highest BCUT2D eigenvalue weighted by molar-refractivity contribution is 6.09. The summed E-state index contributed by atoms with van der Waals surface area (Å²) in [5.41, 5.74) is 2.57. The van der Waals surface area contributed by atoms with Crippen LogP contribution in [-0.2, 0) is 11.2 Å². The molecular formula is C20H17F2NO4. The molecule has 0 aliphatic carbocycles. The Morgan fingerprint density at radius 3 is 2.52 bits per heavy atom. The third kappa shape index (κ3) is 4.13. The molecule has 0 radical (unpaired) electrons. The Morgan fingerprint density at radius 2 is 1.85 bits per heavy atom. The Labute approximate surface area is 153 Å². The Hall–Kier alpha value is -3.22. The average Bonchev–Trinajstić information content (AvgIpc) is 3.10. The van der Waals surface area contributed by atoms with E-state index in [2.05, 4.69) is 9.72 Å². The summed E-state index contributed by atoms with van der Waals surface area (Å²) in [7, 11) is 0. The number of aromatic amines is 1. The molecule has 0 bridgehead atoms. The predicted molar refractivity (Wildman–Crippen MR) is 95.4 cm³/mol. The molecule has 0 aliphatic heterocycles. The van der Waals surface area contributed by atoms with Crippen LogP contribution in [0.2, 0.25) is 0 Å². The maximum Gasteiger partial charge on any atom is 0.387 e. The third-order valence-corrected chi connectivity index (χ3v) is 4.13. The summed E-state index contributed by atoms with van der Waals surface area (Å²) in [5, 5.41) is 0.781. The maximum absolute atomic E-state index is 12.4. The fraction of sp³-hybridized carbons (Fsp3) is 0.200. The van der Waals surface area contributed by atoms with Gasteiger partial charge in [0.1, 0.15) is 5.75 Å². The van der Waals surface area contributed by atoms with Crippen molar-refractivity contribution in [3.8, 4) is 5.75 Å². The minimum Gasteiger partial charge on any atom is -0.454 e. The number of carbonyl (C=O) groups excluding carboxylic acids is 2. The second kappa shape index (κ2) is 7.99. The van der Waals surface area contributed by atoms with Crippen molar-refractivity contribution in [3.05, 3.63) is 65.4 Å². The number of halogens is 2. The number of aromatic nitrogens is 1. The van der Waals surface area contributed by atoms with Crippen LogP contribution in [0.3, 0.4) is 0 Å². The number of benzene rings is 2. The van der Waals surface area contributed by atoms with E-state index in [9.17, 15) is 18.4 Å². The zero-order chi connectivity index (χ0) is 19.4. The molecule has 0 atom stereocenters. The van der Waals surface area contributed by atoms with E-state index in [-0.39, 0.29) is 17.1 Å². The summed E-state index contributed by atoms with van der Waals surface area (Å²) in [4.78, 5) is 27.6. The molecule has 0 spiro atoms. The van der Waals surface area contributed by atoms with Crippen molar-refractivity contribution >= 4 is 22.7 Å². The van der Waals surface area contributed by atoms with Crippen molar-refractivity contribution in [2.45, 2.75) is 20.0 Å². The first-order chi connectivity index (χ1) is 13.0. The van der Waals surface area contributed by atoms with Crippen molar-refractivity contribution < 1.29 is 27.8 Å². The zero-order valence-corrected chi connectivity index (χ0v) is 14.5. The number of ether oxygens (including phenoxy) is 2. The van der Waals surface area contributed by atoms with Gasteiger partial charge in [0.05, 0.1) is 5.56 Å². The van der Waals surface area contributed by atoms with Crippen LogP contribution in [0.25, 0.3) is 10.9 Å². The molecule has 7 heteroatoms. The number of hydrogen-bond acceptors (Lipinski definition) is 4. The van der Waals surface area contributed by atoms with Crippen LogP contribution in [0.1, 0.15) is 33.2 Å². The lowest BCUT2D eigenvalue weighted by Gasteiger charge is -2.06. The molecule has 1 heterocycles. The van der Waals surface area contributed by atoms with E-state index in [0.717, 1.165) is 22.9 Å². The average molecular weight is 373 g/mol. The van der Waals surface area contributed by atoms with E-state index in [1.165, 1.54) is 24.3 Å². The largest absolute Gasteiger partial charge is 0.454 e. The summed E-state index contributed by atoms with van der Waals surface area (Å²) in [5.74, 6) is -1.12. The molecule has 3 rings (SSSR count). The molecule has 140 valence electrons. The van der Waals surface area contributed by atoms with Gasteiger partial charge in [-0.25, -0.2) is 4.79 Å². The number of Topliss-reactive ketones (excluding diaryl/α,β-unsaturated/α-hetero) is 1. The summed E-state index contributed by atoms with van der Waals surface area (Å²) in [6, 6.07) is 10.7. The normalized spacial score (nSPS) is 11.0. The summed E-state index contributed by atoms with van der Waals surface area (Å²) in [6.07, 6.45) is 2.43. The van der Waals surface area contributed by atoms with Crippen LogP contribution in [0.15, 0.2) is 48.7 Å². The molecule has 3 aromatic rings. The highest BCUT2D eigenvalue weighted by Gasteiger charge is 2.16. The SMILES string of the molecule is CCc1cccc2c(C(=O)COC(=O)c3ccc(OC(F)F)cc3)c[nH]c12. The van der Waals surface area contributed by atoms with Crippen LogP contribution in [0.4, 0.5) is 8.78 Å². The predicted octanol–water partition coefficient (Wildman–Crippen LogP) is 4.37. The number of nitrogens with one attached hydrogen (secondary N) is 1. The van der Waals surface area contributed by atoms with Crippen LogP contribution in [-0.4, -0.2) is 30.0 Å². The quantitative estimate of drug-likeness (QED) is 0.493. The summed E-state index contributed by atoms with van der Waals surface area (Å²) in [6.45, 7) is -1.33. The molecule has 27 heavy (non-hydrogen) atoms. The fourth-order valence-corrected chi connectivity index (χ4v) is 2.81. The van der Waals surface area contributed by atoms with Gasteiger partial charge in [0.25, 0.3) is 0 Å². The van der Waals surface area contributed by atoms with E-state index in [0.29, 0.717) is 5.56 Å². The number of rotatable bonds is 7. The smallest absolute Gasteiger partial charge is 0.387 e. The number of aryl methyl sites for hydroxylation is 1. The Bertz CT molecular complexity index is 964. The topological polar surface area (TPSA) is 68.4 Å². The van der Waals surface area contributed by atoms with Gasteiger partial charge < -0.3 is 14.5 Å². The second-order valence-electron chi connectivity index (χ2n) is 5.80. The minimum atomic E-state index is -2.94. The number of esters is 1. The molecule has 1 aromatic heterocycles. The standard InChI is InChI=1S/C20H17F2NO4/c1-2-12-4-3-5-15-16(10-23-18(12)15)17(24)11-26-19(25)13-6-8-14(9-7-13)27-20(21)22/h3-10,20,23H,2,11H2,1H3. The number of hydrogen-bond donors (Lipinski definition) is 1. The van der Waals surface area contributed by atoms with Crippen molar-refractivity contribution in [1.29, 1.82) is 0 Å². The molecule has 0 amide bonds. The molecule has 0 unspecified atom stereocenters. The van der Waals surface area contributed by atoms with Crippen molar-refractivity contribution in [2.75, 3.05) is 6.61 Å². The highest BCUT2D eigenvalue weighted by Crippen LogP contribution is 2.23. The monoisotopic (exact) mass is 373 g/mol. The number of carbonyl (C=O) groups is 2. The molecule has 0 saturated heterocycles. The first-order valence-corrected chi connectivity index (χ1v) is 8.33. The number of ketones is 1. The first-order valence-electron chi connectivity index (χ1n) is 8.33. The molecule has 0 saturated carbocycles. The van der Waals surface area contributed by atoms with Gasteiger partial charge in [0.15, 0.2) is 6.61 Å². The molecule has 2 aromatic carbocycles. The minimum absolute atomic E-state index is 0.0665. The number of fused-ring (bicyclic) bond motifs is 1. The van der Waals surface area contributed by atoms with Gasteiger partial charge in [-0.05, 0) is 36.2 Å². The number of alkyl halides is 2. The van der Waals surface area contributed by atoms with Crippen LogP contribution in [0, 0.1) is 0 Å². The van der Waals surface area contributed by atoms with Crippen LogP contribution in [0.5, 0.6) is 5.75 Å². The molecule has 0 aliphatic rings. The lowest BCUT2D eigenvalue weighted by Crippen LogP contribution is -2.14. The molecule has 1 N–H and O–H groups in total. The first kappa shape index (κ1) is 18.6. The van der Waals surface area contributed by atoms with Gasteiger partial charge in [-0.1, -0.05) is 25.1 Å². The van der Waals surface area contributed by atoms with Gasteiger partial charge in [-0.2, -0.15) is 8.78 Å². The second-order valence-corrected chi connectivity index (χ2v) is 5.80. The van der Waals surface area contributed by atoms with Gasteiger partial charge in [-0.3, -0.25) is 4.79 Å². The third-order valence-electron chi connectivity index (χ3n) is 4.13. The van der Waals surface area contributed by atoms with E-state index < -0.39 is 19.2 Å². The lowest BCUT2D eigenvalue weighted by atomic mass is 10.1. The van der Waals surface area contributed by atoms with E-state index in [1.54, 1.807) is 6.20 Å². The van der Waals surface area contributed by atoms with Gasteiger partial charge in [-0.15, -0.1) is 0 Å². The van der Waals surface area contributed by atoms with E-state index >= 15 is 0 Å². The Kier molecular flexibility index (Phi) is 5.49. The Balaban J connectivity index is 1.66. The van der Waals surface area contributed by atoms with Crippen LogP contribution < -0.4 is 4.74 Å². The van der Waals surface area contributed by atoms with E-state index in [1.807, 2.05) is 25.1 Å². The summed E-state index contributed by atoms with van der Waals surface area (Å²) >= 11 is 0.